The second-order valence-electron chi connectivity index (χ2n) is 4.39. The van der Waals surface area contributed by atoms with Gasteiger partial charge in [0.05, 0.1) is 5.75 Å². The van der Waals surface area contributed by atoms with Crippen LogP contribution in [0.5, 0.6) is 0 Å². The first-order chi connectivity index (χ1) is 8.89. The van der Waals surface area contributed by atoms with E-state index in [0.717, 1.165) is 15.6 Å². The third kappa shape index (κ3) is 5.57. The molecule has 0 aromatic heterocycles. The quantitative estimate of drug-likeness (QED) is 0.694. The SMILES string of the molecule is CCS(=O)(=O)CCCC(NC)c1cc(Cl)ccc1I. The second kappa shape index (κ2) is 7.81. The fraction of sp³-hybridized carbons (Fsp3) is 0.538. The van der Waals surface area contributed by atoms with Gasteiger partial charge in [-0.3, -0.25) is 0 Å². The van der Waals surface area contributed by atoms with Gasteiger partial charge >= 0.3 is 0 Å². The molecule has 0 aliphatic carbocycles. The van der Waals surface area contributed by atoms with Crippen LogP contribution in [-0.4, -0.2) is 27.0 Å². The molecule has 1 atom stereocenters. The summed E-state index contributed by atoms with van der Waals surface area (Å²) in [6.45, 7) is 1.69. The van der Waals surface area contributed by atoms with E-state index >= 15 is 0 Å². The van der Waals surface area contributed by atoms with Crippen molar-refractivity contribution in [1.29, 1.82) is 0 Å². The highest BCUT2D eigenvalue weighted by Crippen LogP contribution is 2.26. The lowest BCUT2D eigenvalue weighted by molar-refractivity contribution is 0.533. The van der Waals surface area contributed by atoms with Crippen molar-refractivity contribution in [2.24, 2.45) is 0 Å². The minimum absolute atomic E-state index is 0.137. The Morgan fingerprint density at radius 2 is 2.11 bits per heavy atom. The van der Waals surface area contributed by atoms with Crippen LogP contribution in [0, 0.1) is 3.57 Å². The molecule has 1 aromatic carbocycles. The van der Waals surface area contributed by atoms with Crippen LogP contribution in [0.2, 0.25) is 5.02 Å². The summed E-state index contributed by atoms with van der Waals surface area (Å²) in [6, 6.07) is 5.92. The van der Waals surface area contributed by atoms with E-state index in [2.05, 4.69) is 27.9 Å². The van der Waals surface area contributed by atoms with Crippen molar-refractivity contribution in [2.45, 2.75) is 25.8 Å². The topological polar surface area (TPSA) is 46.2 Å². The van der Waals surface area contributed by atoms with Crippen LogP contribution in [-0.2, 0) is 9.84 Å². The maximum Gasteiger partial charge on any atom is 0.150 e. The van der Waals surface area contributed by atoms with Gasteiger partial charge in [-0.05, 0) is 66.2 Å². The molecule has 0 saturated carbocycles. The van der Waals surface area contributed by atoms with Gasteiger partial charge in [0.15, 0.2) is 0 Å². The zero-order valence-electron chi connectivity index (χ0n) is 11.1. The number of rotatable bonds is 7. The lowest BCUT2D eigenvalue weighted by Gasteiger charge is -2.18. The molecule has 0 spiro atoms. The monoisotopic (exact) mass is 415 g/mol. The first kappa shape index (κ1) is 17.2. The summed E-state index contributed by atoms with van der Waals surface area (Å²) in [5.74, 6) is 0.463. The highest BCUT2D eigenvalue weighted by molar-refractivity contribution is 14.1. The van der Waals surface area contributed by atoms with Crippen molar-refractivity contribution >= 4 is 44.0 Å². The molecule has 0 aliphatic rings. The average Bonchev–Trinajstić information content (AvgIpc) is 2.38. The van der Waals surface area contributed by atoms with Gasteiger partial charge in [-0.25, -0.2) is 8.42 Å². The molecule has 0 saturated heterocycles. The van der Waals surface area contributed by atoms with Gasteiger partial charge in [-0.1, -0.05) is 18.5 Å². The molecule has 1 aromatic rings. The maximum absolute atomic E-state index is 11.5. The van der Waals surface area contributed by atoms with Gasteiger partial charge in [-0.2, -0.15) is 0 Å². The Balaban J connectivity index is 2.71. The fourth-order valence-corrected chi connectivity index (χ4v) is 3.68. The molecule has 0 heterocycles. The Bertz CT molecular complexity index is 519. The van der Waals surface area contributed by atoms with Crippen molar-refractivity contribution in [3.63, 3.8) is 0 Å². The molecular formula is C13H19ClINO2S. The summed E-state index contributed by atoms with van der Waals surface area (Å²) < 4.78 is 24.1. The van der Waals surface area contributed by atoms with Crippen molar-refractivity contribution in [1.82, 2.24) is 5.32 Å². The largest absolute Gasteiger partial charge is 0.313 e. The molecule has 0 radical (unpaired) electrons. The molecule has 1 rings (SSSR count). The normalized spacial score (nSPS) is 13.5. The van der Waals surface area contributed by atoms with Crippen molar-refractivity contribution in [3.8, 4) is 0 Å². The van der Waals surface area contributed by atoms with E-state index in [1.54, 1.807) is 6.92 Å². The van der Waals surface area contributed by atoms with Gasteiger partial charge in [0.1, 0.15) is 9.84 Å². The van der Waals surface area contributed by atoms with E-state index in [9.17, 15) is 8.42 Å². The first-order valence-corrected chi connectivity index (χ1v) is 9.50. The van der Waals surface area contributed by atoms with E-state index < -0.39 is 9.84 Å². The maximum atomic E-state index is 11.5. The Labute approximate surface area is 134 Å². The van der Waals surface area contributed by atoms with E-state index in [0.29, 0.717) is 11.4 Å². The molecule has 108 valence electrons. The van der Waals surface area contributed by atoms with Crippen LogP contribution >= 0.6 is 34.2 Å². The average molecular weight is 416 g/mol. The van der Waals surface area contributed by atoms with Crippen molar-refractivity contribution in [3.05, 3.63) is 32.4 Å². The fourth-order valence-electron chi connectivity index (χ4n) is 1.89. The van der Waals surface area contributed by atoms with Gasteiger partial charge in [0, 0.05) is 20.4 Å². The molecule has 19 heavy (non-hydrogen) atoms. The highest BCUT2D eigenvalue weighted by atomic mass is 127. The van der Waals surface area contributed by atoms with E-state index in [4.69, 9.17) is 11.6 Å². The molecular weight excluding hydrogens is 397 g/mol. The molecule has 1 unspecified atom stereocenters. The second-order valence-corrected chi connectivity index (χ2v) is 8.46. The standard InChI is InChI=1S/C13H19ClINO2S/c1-3-19(17,18)8-4-5-13(16-2)11-9-10(14)6-7-12(11)15/h6-7,9,13,16H,3-5,8H2,1-2H3. The van der Waals surface area contributed by atoms with Crippen LogP contribution in [0.1, 0.15) is 31.4 Å². The molecule has 0 fully saturated rings. The number of hydrogen-bond acceptors (Lipinski definition) is 3. The first-order valence-electron chi connectivity index (χ1n) is 6.22. The number of hydrogen-bond donors (Lipinski definition) is 1. The van der Waals surface area contributed by atoms with Crippen LogP contribution in [0.3, 0.4) is 0 Å². The minimum Gasteiger partial charge on any atom is -0.313 e. The zero-order valence-corrected chi connectivity index (χ0v) is 14.8. The Morgan fingerprint density at radius 3 is 2.68 bits per heavy atom. The summed E-state index contributed by atoms with van der Waals surface area (Å²) in [7, 11) is -0.995. The third-order valence-corrected chi connectivity index (χ3v) is 6.08. The predicted molar refractivity (Wildman–Crippen MR) is 89.5 cm³/mol. The highest BCUT2D eigenvalue weighted by Gasteiger charge is 2.15. The zero-order chi connectivity index (χ0) is 14.5. The van der Waals surface area contributed by atoms with Crippen LogP contribution < -0.4 is 5.32 Å². The summed E-state index contributed by atoms with van der Waals surface area (Å²) >= 11 is 8.29. The molecule has 1 N–H and O–H groups in total. The molecule has 0 bridgehead atoms. The van der Waals surface area contributed by atoms with Crippen LogP contribution in [0.15, 0.2) is 18.2 Å². The number of benzene rings is 1. The number of nitrogens with one attached hydrogen (secondary N) is 1. The minimum atomic E-state index is -2.88. The van der Waals surface area contributed by atoms with Crippen molar-refractivity contribution in [2.75, 3.05) is 18.6 Å². The van der Waals surface area contributed by atoms with Crippen LogP contribution in [0.25, 0.3) is 0 Å². The summed E-state index contributed by atoms with van der Waals surface area (Å²) in [5.41, 5.74) is 1.13. The lowest BCUT2D eigenvalue weighted by atomic mass is 10.0. The van der Waals surface area contributed by atoms with E-state index in [1.807, 2.05) is 25.2 Å². The van der Waals surface area contributed by atoms with E-state index in [1.165, 1.54) is 0 Å². The predicted octanol–water partition coefficient (Wildman–Crippen LogP) is 3.42. The lowest BCUT2D eigenvalue weighted by Crippen LogP contribution is -2.19. The molecule has 3 nitrogen and oxygen atoms in total. The van der Waals surface area contributed by atoms with Crippen LogP contribution in [0.4, 0.5) is 0 Å². The Morgan fingerprint density at radius 1 is 1.42 bits per heavy atom. The van der Waals surface area contributed by atoms with Gasteiger partial charge in [0.2, 0.25) is 0 Å². The van der Waals surface area contributed by atoms with E-state index in [-0.39, 0.29) is 17.5 Å². The summed E-state index contributed by atoms with van der Waals surface area (Å²) in [5, 5.41) is 3.94. The van der Waals surface area contributed by atoms with Crippen molar-refractivity contribution < 1.29 is 8.42 Å². The molecule has 0 amide bonds. The Kier molecular flexibility index (Phi) is 7.07. The van der Waals surface area contributed by atoms with Gasteiger partial charge in [-0.15, -0.1) is 0 Å². The summed E-state index contributed by atoms with van der Waals surface area (Å²) in [6.07, 6.45) is 1.44. The summed E-state index contributed by atoms with van der Waals surface area (Å²) in [4.78, 5) is 0. The number of sulfone groups is 1. The molecule has 0 aliphatic heterocycles. The number of halogens is 2. The third-order valence-electron chi connectivity index (χ3n) is 3.07. The molecule has 6 heteroatoms. The van der Waals surface area contributed by atoms with Gasteiger partial charge < -0.3 is 5.32 Å². The Hall–Kier alpha value is 0.150. The van der Waals surface area contributed by atoms with Gasteiger partial charge in [0.25, 0.3) is 0 Å². The smallest absolute Gasteiger partial charge is 0.150 e.